The van der Waals surface area contributed by atoms with Crippen molar-refractivity contribution in [2.24, 2.45) is 0 Å². The molecule has 0 saturated heterocycles. The maximum atomic E-state index is 12.2. The van der Waals surface area contributed by atoms with Gasteiger partial charge in [0.1, 0.15) is 13.2 Å². The van der Waals surface area contributed by atoms with E-state index in [1.54, 1.807) is 0 Å². The van der Waals surface area contributed by atoms with Crippen molar-refractivity contribution in [3.8, 4) is 11.5 Å². The topological polar surface area (TPSA) is 47.6 Å². The molecule has 0 unspecified atom stereocenters. The minimum Gasteiger partial charge on any atom is -0.486 e. The fraction of sp³-hybridized carbons (Fsp3) is 0.350. The fourth-order valence-corrected chi connectivity index (χ4v) is 3.41. The van der Waals surface area contributed by atoms with E-state index in [-0.39, 0.29) is 11.9 Å². The molecule has 0 aromatic heterocycles. The summed E-state index contributed by atoms with van der Waals surface area (Å²) in [6.45, 7) is 5.29. The maximum Gasteiger partial charge on any atom is 0.230 e. The molecule has 0 bridgehead atoms. The molecular weight excluding hydrogens is 334 g/mol. The van der Waals surface area contributed by atoms with Crippen LogP contribution in [0.1, 0.15) is 31.0 Å². The Kier molecular flexibility index (Phi) is 5.87. The van der Waals surface area contributed by atoms with Crippen molar-refractivity contribution in [2.45, 2.75) is 31.2 Å². The first-order valence-electron chi connectivity index (χ1n) is 8.56. The molecule has 4 nitrogen and oxygen atoms in total. The van der Waals surface area contributed by atoms with Crippen molar-refractivity contribution in [3.05, 3.63) is 53.6 Å². The van der Waals surface area contributed by atoms with E-state index < -0.39 is 0 Å². The Bertz CT molecular complexity index is 730. The molecule has 2 aromatic rings. The number of rotatable bonds is 6. The molecular formula is C20H23NO3S. The number of nitrogens with one attached hydrogen (secondary N) is 1. The molecule has 132 valence electrons. The number of fused-ring (bicyclic) bond motifs is 1. The summed E-state index contributed by atoms with van der Waals surface area (Å²) in [7, 11) is 0. The quantitative estimate of drug-likeness (QED) is 0.794. The third-order valence-electron chi connectivity index (χ3n) is 4.15. The van der Waals surface area contributed by atoms with Crippen molar-refractivity contribution >= 4 is 17.7 Å². The fourth-order valence-electron chi connectivity index (χ4n) is 2.67. The average molecular weight is 357 g/mol. The van der Waals surface area contributed by atoms with Crippen LogP contribution >= 0.6 is 11.8 Å². The van der Waals surface area contributed by atoms with Crippen LogP contribution in [-0.4, -0.2) is 24.9 Å². The second-order valence-electron chi connectivity index (χ2n) is 5.98. The lowest BCUT2D eigenvalue weighted by molar-refractivity contribution is -0.119. The van der Waals surface area contributed by atoms with E-state index in [9.17, 15) is 4.79 Å². The molecule has 2 aromatic carbocycles. The molecule has 0 aliphatic carbocycles. The molecule has 3 rings (SSSR count). The van der Waals surface area contributed by atoms with Gasteiger partial charge in [0.15, 0.2) is 11.5 Å². The second kappa shape index (κ2) is 8.30. The van der Waals surface area contributed by atoms with Gasteiger partial charge in [-0.25, -0.2) is 0 Å². The van der Waals surface area contributed by atoms with Gasteiger partial charge in [0.25, 0.3) is 0 Å². The molecule has 25 heavy (non-hydrogen) atoms. The number of carbonyl (C=O) groups is 1. The first kappa shape index (κ1) is 17.7. The Balaban J connectivity index is 1.52. The number of amides is 1. The predicted octanol–water partition coefficient (Wildman–Crippen LogP) is 3.99. The molecule has 1 heterocycles. The molecule has 0 radical (unpaired) electrons. The minimum absolute atomic E-state index is 0.000674. The first-order chi connectivity index (χ1) is 12.2. The first-order valence-corrected chi connectivity index (χ1v) is 9.55. The number of aryl methyl sites for hydroxylation is 1. The van der Waals surface area contributed by atoms with Gasteiger partial charge in [0, 0.05) is 4.90 Å². The summed E-state index contributed by atoms with van der Waals surface area (Å²) in [4.78, 5) is 13.2. The maximum absolute atomic E-state index is 12.2. The lowest BCUT2D eigenvalue weighted by atomic mass is 10.1. The number of benzene rings is 2. The number of carbonyl (C=O) groups excluding carboxylic acids is 1. The molecule has 0 saturated carbocycles. The summed E-state index contributed by atoms with van der Waals surface area (Å²) >= 11 is 1.50. The van der Waals surface area contributed by atoms with Crippen LogP contribution in [0.15, 0.2) is 47.4 Å². The summed E-state index contributed by atoms with van der Waals surface area (Å²) in [6.07, 6.45) is 1.02. The predicted molar refractivity (Wildman–Crippen MR) is 101 cm³/mol. The van der Waals surface area contributed by atoms with Gasteiger partial charge in [0.2, 0.25) is 5.91 Å². The smallest absolute Gasteiger partial charge is 0.230 e. The third-order valence-corrected chi connectivity index (χ3v) is 5.14. The van der Waals surface area contributed by atoms with Crippen LogP contribution < -0.4 is 14.8 Å². The summed E-state index contributed by atoms with van der Waals surface area (Å²) < 4.78 is 11.1. The summed E-state index contributed by atoms with van der Waals surface area (Å²) in [5, 5.41) is 3.05. The van der Waals surface area contributed by atoms with Crippen LogP contribution in [-0.2, 0) is 11.2 Å². The van der Waals surface area contributed by atoms with Crippen LogP contribution in [0.3, 0.4) is 0 Å². The van der Waals surface area contributed by atoms with Crippen molar-refractivity contribution < 1.29 is 14.3 Å². The summed E-state index contributed by atoms with van der Waals surface area (Å²) in [5.74, 6) is 1.91. The molecule has 1 atom stereocenters. The number of hydrogen-bond donors (Lipinski definition) is 1. The van der Waals surface area contributed by atoms with Crippen molar-refractivity contribution in [2.75, 3.05) is 19.0 Å². The number of ether oxygens (including phenoxy) is 2. The van der Waals surface area contributed by atoms with E-state index in [1.165, 1.54) is 17.3 Å². The zero-order valence-electron chi connectivity index (χ0n) is 14.6. The van der Waals surface area contributed by atoms with Crippen molar-refractivity contribution in [1.29, 1.82) is 0 Å². The zero-order chi connectivity index (χ0) is 17.6. The van der Waals surface area contributed by atoms with Gasteiger partial charge >= 0.3 is 0 Å². The summed E-state index contributed by atoms with van der Waals surface area (Å²) in [6, 6.07) is 14.2. The Labute approximate surface area is 152 Å². The lowest BCUT2D eigenvalue weighted by Gasteiger charge is -2.19. The van der Waals surface area contributed by atoms with Gasteiger partial charge in [-0.15, -0.1) is 11.8 Å². The Hall–Kier alpha value is -2.14. The van der Waals surface area contributed by atoms with Gasteiger partial charge in [-0.3, -0.25) is 4.79 Å². The second-order valence-corrected chi connectivity index (χ2v) is 7.03. The molecule has 1 aliphatic rings. The van der Waals surface area contributed by atoms with Crippen LogP contribution in [0.5, 0.6) is 11.5 Å². The van der Waals surface area contributed by atoms with E-state index in [2.05, 4.69) is 36.5 Å². The molecule has 0 fully saturated rings. The number of hydrogen-bond acceptors (Lipinski definition) is 4. The van der Waals surface area contributed by atoms with Crippen LogP contribution in [0.2, 0.25) is 0 Å². The SMILES string of the molecule is CCc1ccc([C@H](C)NC(=O)CSc2ccc3c(c2)OCCO3)cc1. The summed E-state index contributed by atoms with van der Waals surface area (Å²) in [5.41, 5.74) is 2.42. The number of thioether (sulfide) groups is 1. The van der Waals surface area contributed by atoms with Gasteiger partial charge in [-0.2, -0.15) is 0 Å². The van der Waals surface area contributed by atoms with Crippen LogP contribution in [0, 0.1) is 0 Å². The Morgan fingerprint density at radius 2 is 1.84 bits per heavy atom. The average Bonchev–Trinajstić information content (AvgIpc) is 2.66. The monoisotopic (exact) mass is 357 g/mol. The van der Waals surface area contributed by atoms with E-state index >= 15 is 0 Å². The standard InChI is InChI=1S/C20H23NO3S/c1-3-15-4-6-16(7-5-15)14(2)21-20(22)13-25-17-8-9-18-19(12-17)24-11-10-23-18/h4-9,12,14H,3,10-11,13H2,1-2H3,(H,21,22)/t14-/m0/s1. The third kappa shape index (κ3) is 4.69. The molecule has 1 aliphatic heterocycles. The van der Waals surface area contributed by atoms with Crippen LogP contribution in [0.4, 0.5) is 0 Å². The highest BCUT2D eigenvalue weighted by Gasteiger charge is 2.13. The van der Waals surface area contributed by atoms with E-state index in [0.29, 0.717) is 19.0 Å². The van der Waals surface area contributed by atoms with E-state index in [4.69, 9.17) is 9.47 Å². The normalized spacial score (nSPS) is 14.0. The van der Waals surface area contributed by atoms with E-state index in [0.717, 1.165) is 28.4 Å². The molecule has 5 heteroatoms. The van der Waals surface area contributed by atoms with E-state index in [1.807, 2.05) is 25.1 Å². The van der Waals surface area contributed by atoms with Gasteiger partial charge in [-0.1, -0.05) is 31.2 Å². The largest absolute Gasteiger partial charge is 0.486 e. The van der Waals surface area contributed by atoms with Gasteiger partial charge < -0.3 is 14.8 Å². The Morgan fingerprint density at radius 3 is 2.56 bits per heavy atom. The molecule has 1 N–H and O–H groups in total. The zero-order valence-corrected chi connectivity index (χ0v) is 15.4. The van der Waals surface area contributed by atoms with Crippen molar-refractivity contribution in [1.82, 2.24) is 5.32 Å². The highest BCUT2D eigenvalue weighted by Crippen LogP contribution is 2.34. The molecule has 1 amide bonds. The highest BCUT2D eigenvalue weighted by atomic mass is 32.2. The van der Waals surface area contributed by atoms with Gasteiger partial charge in [-0.05, 0) is 42.7 Å². The Morgan fingerprint density at radius 1 is 1.12 bits per heavy atom. The van der Waals surface area contributed by atoms with Crippen molar-refractivity contribution in [3.63, 3.8) is 0 Å². The highest BCUT2D eigenvalue weighted by molar-refractivity contribution is 8.00. The molecule has 0 spiro atoms. The minimum atomic E-state index is -0.000674. The van der Waals surface area contributed by atoms with Crippen LogP contribution in [0.25, 0.3) is 0 Å². The lowest BCUT2D eigenvalue weighted by Crippen LogP contribution is -2.28. The van der Waals surface area contributed by atoms with Gasteiger partial charge in [0.05, 0.1) is 11.8 Å².